The highest BCUT2D eigenvalue weighted by Gasteiger charge is 2.02. The van der Waals surface area contributed by atoms with Crippen LogP contribution in [0.15, 0.2) is 6.20 Å². The molecule has 10 heavy (non-hydrogen) atoms. The largest absolute Gasteiger partial charge is 0.393 e. The second kappa shape index (κ2) is 2.79. The van der Waals surface area contributed by atoms with E-state index in [1.54, 1.807) is 17.8 Å². The van der Waals surface area contributed by atoms with Gasteiger partial charge in [-0.15, -0.1) is 5.10 Å². The first-order chi connectivity index (χ1) is 4.70. The van der Waals surface area contributed by atoms with Crippen molar-refractivity contribution in [3.05, 3.63) is 11.9 Å². The summed E-state index contributed by atoms with van der Waals surface area (Å²) >= 11 is 0. The average molecular weight is 141 g/mol. The highest BCUT2D eigenvalue weighted by Crippen LogP contribution is 1.97. The smallest absolute Gasteiger partial charge is 0.0725 e. The van der Waals surface area contributed by atoms with E-state index in [2.05, 4.69) is 10.3 Å². The van der Waals surface area contributed by atoms with Crippen molar-refractivity contribution in [2.24, 2.45) is 7.05 Å². The second-order valence-electron chi connectivity index (χ2n) is 2.40. The topological polar surface area (TPSA) is 50.9 Å². The van der Waals surface area contributed by atoms with Crippen LogP contribution in [0.25, 0.3) is 0 Å². The predicted octanol–water partition coefficient (Wildman–Crippen LogP) is -0.262. The van der Waals surface area contributed by atoms with E-state index in [0.717, 1.165) is 5.69 Å². The Hall–Kier alpha value is -0.900. The summed E-state index contributed by atoms with van der Waals surface area (Å²) in [6.07, 6.45) is 1.95. The zero-order valence-corrected chi connectivity index (χ0v) is 6.15. The quantitative estimate of drug-likeness (QED) is 0.617. The zero-order valence-electron chi connectivity index (χ0n) is 6.15. The number of hydrogen-bond acceptors (Lipinski definition) is 3. The first-order valence-corrected chi connectivity index (χ1v) is 3.22. The van der Waals surface area contributed by atoms with Gasteiger partial charge in [0.05, 0.1) is 18.0 Å². The van der Waals surface area contributed by atoms with Crippen molar-refractivity contribution in [3.8, 4) is 0 Å². The fraction of sp³-hybridized carbons (Fsp3) is 0.667. The van der Waals surface area contributed by atoms with Crippen molar-refractivity contribution in [3.63, 3.8) is 0 Å². The molecule has 0 fully saturated rings. The van der Waals surface area contributed by atoms with Crippen LogP contribution in [-0.2, 0) is 13.5 Å². The predicted molar refractivity (Wildman–Crippen MR) is 36.4 cm³/mol. The molecule has 1 aromatic rings. The molecule has 0 aromatic carbocycles. The minimum absolute atomic E-state index is 0.322. The van der Waals surface area contributed by atoms with Crippen LogP contribution in [0.1, 0.15) is 12.6 Å². The third-order valence-corrected chi connectivity index (χ3v) is 1.31. The summed E-state index contributed by atoms with van der Waals surface area (Å²) in [6.45, 7) is 1.74. The van der Waals surface area contributed by atoms with E-state index in [0.29, 0.717) is 6.42 Å². The highest BCUT2D eigenvalue weighted by atomic mass is 16.3. The van der Waals surface area contributed by atoms with Gasteiger partial charge in [0.25, 0.3) is 0 Å². The lowest BCUT2D eigenvalue weighted by molar-refractivity contribution is 0.193. The van der Waals surface area contributed by atoms with E-state index in [9.17, 15) is 0 Å². The zero-order chi connectivity index (χ0) is 7.56. The molecule has 56 valence electrons. The SMILES string of the molecule is CC(O)Cc1cnnn1C. The van der Waals surface area contributed by atoms with Gasteiger partial charge in [-0.05, 0) is 6.92 Å². The summed E-state index contributed by atoms with van der Waals surface area (Å²) in [5.74, 6) is 0. The van der Waals surface area contributed by atoms with Gasteiger partial charge in [-0.25, -0.2) is 0 Å². The maximum atomic E-state index is 8.98. The lowest BCUT2D eigenvalue weighted by Crippen LogP contribution is -2.08. The molecule has 0 aliphatic rings. The third kappa shape index (κ3) is 1.54. The summed E-state index contributed by atoms with van der Waals surface area (Å²) in [6, 6.07) is 0. The van der Waals surface area contributed by atoms with Gasteiger partial charge < -0.3 is 5.11 Å². The van der Waals surface area contributed by atoms with E-state index in [1.165, 1.54) is 0 Å². The first kappa shape index (κ1) is 7.21. The highest BCUT2D eigenvalue weighted by molar-refractivity contribution is 4.94. The van der Waals surface area contributed by atoms with Crippen molar-refractivity contribution in [2.75, 3.05) is 0 Å². The number of aromatic nitrogens is 3. The molecule has 1 N–H and O–H groups in total. The molecule has 0 spiro atoms. The molecule has 1 unspecified atom stereocenters. The monoisotopic (exact) mass is 141 g/mol. The van der Waals surface area contributed by atoms with Crippen LogP contribution in [0.2, 0.25) is 0 Å². The van der Waals surface area contributed by atoms with Gasteiger partial charge in [0.1, 0.15) is 0 Å². The van der Waals surface area contributed by atoms with E-state index in [-0.39, 0.29) is 6.10 Å². The van der Waals surface area contributed by atoms with Crippen LogP contribution in [-0.4, -0.2) is 26.2 Å². The van der Waals surface area contributed by atoms with Crippen LogP contribution in [0.3, 0.4) is 0 Å². The molecule has 4 heteroatoms. The molecule has 0 saturated heterocycles. The van der Waals surface area contributed by atoms with E-state index in [1.807, 2.05) is 7.05 Å². The molecule has 0 aliphatic carbocycles. The Bertz CT molecular complexity index is 207. The Labute approximate surface area is 59.5 Å². The minimum Gasteiger partial charge on any atom is -0.393 e. The molecule has 1 atom stereocenters. The summed E-state index contributed by atoms with van der Waals surface area (Å²) in [5.41, 5.74) is 0.954. The Morgan fingerprint density at radius 3 is 2.90 bits per heavy atom. The minimum atomic E-state index is -0.322. The summed E-state index contributed by atoms with van der Waals surface area (Å²) in [4.78, 5) is 0. The Balaban J connectivity index is 2.65. The van der Waals surface area contributed by atoms with Crippen molar-refractivity contribution in [2.45, 2.75) is 19.4 Å². The molecule has 0 saturated carbocycles. The lowest BCUT2D eigenvalue weighted by Gasteiger charge is -2.01. The maximum absolute atomic E-state index is 8.98. The molecule has 0 amide bonds. The van der Waals surface area contributed by atoms with Gasteiger partial charge in [0.15, 0.2) is 0 Å². The average Bonchev–Trinajstić information content (AvgIpc) is 2.15. The van der Waals surface area contributed by atoms with Crippen LogP contribution >= 0.6 is 0 Å². The van der Waals surface area contributed by atoms with E-state index >= 15 is 0 Å². The van der Waals surface area contributed by atoms with Crippen LogP contribution < -0.4 is 0 Å². The van der Waals surface area contributed by atoms with E-state index in [4.69, 9.17) is 5.11 Å². The number of hydrogen-bond donors (Lipinski definition) is 1. The van der Waals surface area contributed by atoms with Crippen LogP contribution in [0.5, 0.6) is 0 Å². The Kier molecular flexibility index (Phi) is 2.01. The van der Waals surface area contributed by atoms with E-state index < -0.39 is 0 Å². The van der Waals surface area contributed by atoms with Crippen molar-refractivity contribution in [1.82, 2.24) is 15.0 Å². The van der Waals surface area contributed by atoms with Crippen molar-refractivity contribution < 1.29 is 5.11 Å². The molecule has 4 nitrogen and oxygen atoms in total. The number of aliphatic hydroxyl groups excluding tert-OH is 1. The molecular formula is C6H11N3O. The Morgan fingerprint density at radius 2 is 2.50 bits per heavy atom. The molecule has 0 radical (unpaired) electrons. The van der Waals surface area contributed by atoms with Gasteiger partial charge >= 0.3 is 0 Å². The molecule has 0 bridgehead atoms. The second-order valence-corrected chi connectivity index (χ2v) is 2.40. The molecule has 1 rings (SSSR count). The van der Waals surface area contributed by atoms with Gasteiger partial charge in [-0.3, -0.25) is 4.68 Å². The fourth-order valence-electron chi connectivity index (χ4n) is 0.798. The summed E-state index contributed by atoms with van der Waals surface area (Å²) < 4.78 is 1.66. The van der Waals surface area contributed by atoms with Gasteiger partial charge in [0.2, 0.25) is 0 Å². The normalized spacial score (nSPS) is 13.5. The first-order valence-electron chi connectivity index (χ1n) is 3.22. The number of rotatable bonds is 2. The van der Waals surface area contributed by atoms with Gasteiger partial charge in [-0.1, -0.05) is 5.21 Å². The molecular weight excluding hydrogens is 130 g/mol. The van der Waals surface area contributed by atoms with Gasteiger partial charge in [-0.2, -0.15) is 0 Å². The van der Waals surface area contributed by atoms with Gasteiger partial charge in [0, 0.05) is 13.5 Å². The summed E-state index contributed by atoms with van der Waals surface area (Å²) in [7, 11) is 1.81. The van der Waals surface area contributed by atoms with Crippen LogP contribution in [0, 0.1) is 0 Å². The third-order valence-electron chi connectivity index (χ3n) is 1.31. The summed E-state index contributed by atoms with van der Waals surface area (Å²) in [5, 5.41) is 16.4. The Morgan fingerprint density at radius 1 is 1.80 bits per heavy atom. The standard InChI is InChI=1S/C6H11N3O/c1-5(10)3-6-4-7-8-9(6)2/h4-5,10H,3H2,1-2H3. The number of aryl methyl sites for hydroxylation is 1. The number of aliphatic hydroxyl groups is 1. The molecule has 0 aliphatic heterocycles. The van der Waals surface area contributed by atoms with Crippen LogP contribution in [0.4, 0.5) is 0 Å². The molecule has 1 aromatic heterocycles. The molecule has 1 heterocycles. The fourth-order valence-corrected chi connectivity index (χ4v) is 0.798. The number of nitrogens with zero attached hydrogens (tertiary/aromatic N) is 3. The van der Waals surface area contributed by atoms with Crippen molar-refractivity contribution >= 4 is 0 Å². The van der Waals surface area contributed by atoms with Crippen molar-refractivity contribution in [1.29, 1.82) is 0 Å². The lowest BCUT2D eigenvalue weighted by atomic mass is 10.2. The maximum Gasteiger partial charge on any atom is 0.0725 e.